The number of allylic oxidation sites excluding steroid dienone is 5. The lowest BCUT2D eigenvalue weighted by Crippen LogP contribution is -2.54. The first-order chi connectivity index (χ1) is 18.4. The molecule has 0 spiro atoms. The zero-order chi connectivity index (χ0) is 29.4. The van der Waals surface area contributed by atoms with Crippen molar-refractivity contribution in [2.24, 2.45) is 0 Å². The molecule has 0 bridgehead atoms. The zero-order valence-electron chi connectivity index (χ0n) is 23.9. The van der Waals surface area contributed by atoms with Gasteiger partial charge in [-0.1, -0.05) is 56.2 Å². The summed E-state index contributed by atoms with van der Waals surface area (Å²) in [6, 6.07) is 0. The van der Waals surface area contributed by atoms with E-state index in [2.05, 4.69) is 6.58 Å². The van der Waals surface area contributed by atoms with Gasteiger partial charge in [0.05, 0.1) is 19.6 Å². The molecule has 0 saturated heterocycles. The third-order valence-electron chi connectivity index (χ3n) is 6.01. The lowest BCUT2D eigenvalue weighted by atomic mass is 10.2. The lowest BCUT2D eigenvalue weighted by molar-refractivity contribution is 0.451. The average Bonchev–Trinajstić information content (AvgIpc) is 2.88. The van der Waals surface area contributed by atoms with Gasteiger partial charge < -0.3 is 0 Å². The molecule has 12 nitrogen and oxygen atoms in total. The molecule has 0 saturated carbocycles. The highest BCUT2D eigenvalue weighted by Gasteiger charge is 2.16. The summed E-state index contributed by atoms with van der Waals surface area (Å²) in [7, 11) is 0. The van der Waals surface area contributed by atoms with Crippen LogP contribution in [0, 0.1) is 0 Å². The van der Waals surface area contributed by atoms with Gasteiger partial charge in [0.25, 0.3) is 0 Å². The Bertz CT molecular complexity index is 1590. The number of nitrogens with zero attached hydrogens (tertiary/aromatic N) is 6. The van der Waals surface area contributed by atoms with E-state index in [9.17, 15) is 28.8 Å². The minimum Gasteiger partial charge on any atom is -0.247 e. The van der Waals surface area contributed by atoms with Crippen LogP contribution in [0.3, 0.4) is 0 Å². The SMILES string of the molecule is C=C(C)Cn1c(=O)n(CCC)c(=O)n(C/C(C)=C/C=C(\C)Cn2c(=O)n(CCC)c(=O)n(CCC)c2=O)c1=O. The van der Waals surface area contributed by atoms with Crippen LogP contribution >= 0.6 is 0 Å². The minimum atomic E-state index is -0.713. The van der Waals surface area contributed by atoms with Crippen molar-refractivity contribution in [3.05, 3.63) is 98.4 Å². The fraction of sp³-hybridized carbons (Fsp3) is 0.556. The Morgan fingerprint density at radius 3 is 1.05 bits per heavy atom. The van der Waals surface area contributed by atoms with Crippen LogP contribution in [0.1, 0.15) is 60.8 Å². The number of hydrogen-bond donors (Lipinski definition) is 0. The van der Waals surface area contributed by atoms with Crippen molar-refractivity contribution >= 4 is 0 Å². The molecule has 0 aliphatic heterocycles. The average molecular weight is 545 g/mol. The van der Waals surface area contributed by atoms with Gasteiger partial charge in [-0.15, -0.1) is 0 Å². The van der Waals surface area contributed by atoms with Gasteiger partial charge in [-0.2, -0.15) is 0 Å². The Balaban J connectivity index is 2.50. The molecule has 12 heteroatoms. The quantitative estimate of drug-likeness (QED) is 0.274. The van der Waals surface area contributed by atoms with Crippen molar-refractivity contribution in [3.63, 3.8) is 0 Å². The minimum absolute atomic E-state index is 0.00786. The smallest absolute Gasteiger partial charge is 0.247 e. The highest BCUT2D eigenvalue weighted by Crippen LogP contribution is 2.01. The first-order valence-corrected chi connectivity index (χ1v) is 13.3. The van der Waals surface area contributed by atoms with Gasteiger partial charge >= 0.3 is 34.1 Å². The maximum atomic E-state index is 13.0. The van der Waals surface area contributed by atoms with E-state index in [0.29, 0.717) is 36.0 Å². The predicted octanol–water partition coefficient (Wildman–Crippen LogP) is 1.06. The fourth-order valence-corrected chi connectivity index (χ4v) is 4.17. The summed E-state index contributed by atoms with van der Waals surface area (Å²) in [5, 5.41) is 0. The van der Waals surface area contributed by atoms with Crippen LogP contribution in [0.25, 0.3) is 0 Å². The van der Waals surface area contributed by atoms with E-state index in [1.54, 1.807) is 32.9 Å². The van der Waals surface area contributed by atoms with Crippen LogP contribution in [-0.4, -0.2) is 27.4 Å². The van der Waals surface area contributed by atoms with Crippen molar-refractivity contribution in [1.29, 1.82) is 0 Å². The Hall–Kier alpha value is -3.96. The Morgan fingerprint density at radius 1 is 0.513 bits per heavy atom. The standard InChI is InChI=1S/C27H40N6O6/c1-8-13-28-22(34)29(14-9-2)25(37)32(24(28)36)17-20(6)11-12-21(7)18-33-26(38)30(15-10-3)23(35)31(27(33)39)16-19(4)5/h11-12H,4,8-10,13-18H2,1-3,5-7H3/b20-11+,21-12+. The molecule has 0 atom stereocenters. The Kier molecular flexibility index (Phi) is 11.0. The molecule has 39 heavy (non-hydrogen) atoms. The number of hydrogen-bond acceptors (Lipinski definition) is 6. The topological polar surface area (TPSA) is 132 Å². The predicted molar refractivity (Wildman–Crippen MR) is 152 cm³/mol. The molecule has 0 aromatic carbocycles. The van der Waals surface area contributed by atoms with Crippen molar-refractivity contribution in [2.75, 3.05) is 0 Å². The van der Waals surface area contributed by atoms with Crippen LogP contribution in [0.4, 0.5) is 0 Å². The van der Waals surface area contributed by atoms with Gasteiger partial charge in [-0.05, 0) is 40.0 Å². The largest absolute Gasteiger partial charge is 0.336 e. The molecule has 2 aromatic heterocycles. The number of rotatable bonds is 13. The summed E-state index contributed by atoms with van der Waals surface area (Å²) >= 11 is 0. The molecule has 0 unspecified atom stereocenters. The normalized spacial score (nSPS) is 12.3. The third-order valence-corrected chi connectivity index (χ3v) is 6.01. The fourth-order valence-electron chi connectivity index (χ4n) is 4.17. The molecule has 2 heterocycles. The maximum absolute atomic E-state index is 13.0. The van der Waals surface area contributed by atoms with E-state index >= 15 is 0 Å². The second kappa shape index (κ2) is 13.7. The molecular formula is C27H40N6O6. The second-order valence-corrected chi connectivity index (χ2v) is 9.89. The van der Waals surface area contributed by atoms with E-state index in [1.807, 2.05) is 20.8 Å². The molecule has 2 rings (SSSR count). The van der Waals surface area contributed by atoms with Crippen molar-refractivity contribution in [1.82, 2.24) is 27.4 Å². The molecule has 0 aliphatic carbocycles. The summed E-state index contributed by atoms with van der Waals surface area (Å²) in [5.74, 6) is 0. The van der Waals surface area contributed by atoms with Crippen molar-refractivity contribution in [3.8, 4) is 0 Å². The summed E-state index contributed by atoms with van der Waals surface area (Å²) in [5.41, 5.74) is -2.07. The summed E-state index contributed by atoms with van der Waals surface area (Å²) < 4.78 is 6.29. The van der Waals surface area contributed by atoms with Gasteiger partial charge in [0.2, 0.25) is 0 Å². The van der Waals surface area contributed by atoms with Gasteiger partial charge in [-0.25, -0.2) is 56.2 Å². The van der Waals surface area contributed by atoms with Crippen LogP contribution in [0.15, 0.2) is 64.2 Å². The van der Waals surface area contributed by atoms with Crippen LogP contribution in [0.5, 0.6) is 0 Å². The third kappa shape index (κ3) is 7.12. The molecule has 214 valence electrons. The highest BCUT2D eigenvalue weighted by atomic mass is 16.2. The summed E-state index contributed by atoms with van der Waals surface area (Å²) in [6.45, 7) is 15.0. The lowest BCUT2D eigenvalue weighted by Gasteiger charge is -2.14. The zero-order valence-corrected chi connectivity index (χ0v) is 23.9. The highest BCUT2D eigenvalue weighted by molar-refractivity contribution is 5.16. The Morgan fingerprint density at radius 2 is 0.769 bits per heavy atom. The molecular weight excluding hydrogens is 504 g/mol. The van der Waals surface area contributed by atoms with Gasteiger partial charge in [0.1, 0.15) is 0 Å². The van der Waals surface area contributed by atoms with Gasteiger partial charge in [0.15, 0.2) is 0 Å². The summed E-state index contributed by atoms with van der Waals surface area (Å²) in [4.78, 5) is 77.2. The molecule has 0 amide bonds. The first kappa shape index (κ1) is 31.3. The first-order valence-electron chi connectivity index (χ1n) is 13.3. The number of aromatic nitrogens is 6. The summed E-state index contributed by atoms with van der Waals surface area (Å²) in [6.07, 6.45) is 5.06. The molecule has 0 radical (unpaired) electrons. The molecule has 2 aromatic rings. The van der Waals surface area contributed by atoms with Crippen LogP contribution < -0.4 is 34.1 Å². The Labute approximate surface area is 226 Å². The molecule has 0 N–H and O–H groups in total. The van der Waals surface area contributed by atoms with Crippen LogP contribution in [-0.2, 0) is 39.3 Å². The van der Waals surface area contributed by atoms with E-state index in [4.69, 9.17) is 0 Å². The van der Waals surface area contributed by atoms with Crippen molar-refractivity contribution in [2.45, 2.75) is 100 Å². The molecule has 0 fully saturated rings. The van der Waals surface area contributed by atoms with Gasteiger partial charge in [-0.3, -0.25) is 0 Å². The molecule has 0 aliphatic rings. The monoisotopic (exact) mass is 544 g/mol. The van der Waals surface area contributed by atoms with Gasteiger partial charge in [0, 0.05) is 19.6 Å². The maximum Gasteiger partial charge on any atom is 0.336 e. The van der Waals surface area contributed by atoms with Crippen LogP contribution in [0.2, 0.25) is 0 Å². The van der Waals surface area contributed by atoms with Crippen molar-refractivity contribution < 1.29 is 0 Å². The van der Waals surface area contributed by atoms with E-state index in [-0.39, 0.29) is 39.3 Å². The van der Waals surface area contributed by atoms with E-state index in [1.165, 1.54) is 0 Å². The van der Waals surface area contributed by atoms with E-state index in [0.717, 1.165) is 27.4 Å². The second-order valence-electron chi connectivity index (χ2n) is 9.89. The van der Waals surface area contributed by atoms with E-state index < -0.39 is 34.1 Å².